The molecule has 578 valence electrons. The molecule has 0 spiro atoms. The molecule has 0 aliphatic heterocycles. The third-order valence-electron chi connectivity index (χ3n) is 31.6. The van der Waals surface area contributed by atoms with Gasteiger partial charge in [0.2, 0.25) is 0 Å². The average Bonchev–Trinajstić information content (AvgIpc) is 1.15. The number of allylic oxidation sites excluding steroid dienone is 1. The van der Waals surface area contributed by atoms with Gasteiger partial charge < -0.3 is 9.84 Å². The summed E-state index contributed by atoms with van der Waals surface area (Å²) in [6.07, 6.45) is 64.0. The highest BCUT2D eigenvalue weighted by molar-refractivity contribution is 5.89. The van der Waals surface area contributed by atoms with Crippen LogP contribution < -0.4 is 0 Å². The van der Waals surface area contributed by atoms with E-state index in [1.807, 2.05) is 18.2 Å². The molecular weight excluding hydrogens is 1250 g/mol. The molecule has 3 nitrogen and oxygen atoms in total. The summed E-state index contributed by atoms with van der Waals surface area (Å²) in [4.78, 5) is 12.3. The van der Waals surface area contributed by atoms with Gasteiger partial charge in [-0.15, -0.1) is 6.58 Å². The molecule has 12 saturated carbocycles. The molecule has 101 heavy (non-hydrogen) atoms. The minimum atomic E-state index is -0.626. The lowest BCUT2D eigenvalue weighted by Gasteiger charge is -2.40. The molecule has 12 atom stereocenters. The van der Waals surface area contributed by atoms with E-state index in [4.69, 9.17) is 4.74 Å². The Balaban J connectivity index is 0.000000146. The van der Waals surface area contributed by atoms with E-state index in [1.165, 1.54) is 238 Å². The zero-order valence-electron chi connectivity index (χ0n) is 65.9. The Morgan fingerprint density at radius 1 is 0.347 bits per heavy atom. The molecule has 0 radical (unpaired) electrons. The second-order valence-electron chi connectivity index (χ2n) is 39.1. The predicted molar refractivity (Wildman–Crippen MR) is 417 cm³/mol. The van der Waals surface area contributed by atoms with Gasteiger partial charge in [0.25, 0.3) is 0 Å². The van der Waals surface area contributed by atoms with Crippen molar-refractivity contribution < 1.29 is 32.2 Å². The van der Waals surface area contributed by atoms with Gasteiger partial charge in [0.15, 0.2) is 0 Å². The molecule has 1 aromatic carbocycles. The molecule has 0 bridgehead atoms. The second kappa shape index (κ2) is 42.8. The SMILES string of the molecule is C=CC1CCC(C2CCC(CCC3CCC(C)CC3)CC2F)CC1.CC1CCC(CCC2CCC(C3CCC(C)CC3)C(F)C2)CC1.CC1CCC(CCC2CCC(C3CCC(O)CC3)C(F)C2)CC1.CC1CCC(CCC2CCC(C3CCC(OC(=O)c4ccccc4)CC3)C(F)C2)CC1. The first-order chi connectivity index (χ1) is 49.0. The van der Waals surface area contributed by atoms with E-state index in [-0.39, 0.29) is 24.1 Å². The van der Waals surface area contributed by atoms with Crippen molar-refractivity contribution in [2.75, 3.05) is 0 Å². The van der Waals surface area contributed by atoms with Gasteiger partial charge in [-0.3, -0.25) is 0 Å². The Morgan fingerprint density at radius 3 is 0.881 bits per heavy atom. The lowest BCUT2D eigenvalue weighted by molar-refractivity contribution is 0.00153. The van der Waals surface area contributed by atoms with Gasteiger partial charge in [-0.1, -0.05) is 226 Å². The summed E-state index contributed by atoms with van der Waals surface area (Å²) in [6.45, 7) is 15.9. The minimum absolute atomic E-state index is 0.00318. The molecule has 12 fully saturated rings. The molecule has 0 aromatic heterocycles. The van der Waals surface area contributed by atoms with Crippen molar-refractivity contribution in [1.82, 2.24) is 0 Å². The van der Waals surface area contributed by atoms with E-state index in [1.54, 1.807) is 12.1 Å². The molecule has 0 heterocycles. The van der Waals surface area contributed by atoms with Gasteiger partial charge in [-0.05, 0) is 309 Å². The maximum Gasteiger partial charge on any atom is 0.338 e. The van der Waals surface area contributed by atoms with Gasteiger partial charge in [-0.25, -0.2) is 22.4 Å². The largest absolute Gasteiger partial charge is 0.459 e. The number of benzene rings is 1. The summed E-state index contributed by atoms with van der Waals surface area (Å²) in [6, 6.07) is 9.23. The van der Waals surface area contributed by atoms with Gasteiger partial charge in [0.05, 0.1) is 11.7 Å². The van der Waals surface area contributed by atoms with Crippen LogP contribution in [0.2, 0.25) is 0 Å². The molecule has 1 N–H and O–H groups in total. The van der Waals surface area contributed by atoms with Crippen LogP contribution in [0.4, 0.5) is 17.6 Å². The van der Waals surface area contributed by atoms with E-state index < -0.39 is 24.7 Å². The fourth-order valence-electron chi connectivity index (χ4n) is 23.9. The number of rotatable bonds is 19. The van der Waals surface area contributed by atoms with E-state index in [0.29, 0.717) is 76.6 Å². The van der Waals surface area contributed by atoms with Crippen LogP contribution in [0.1, 0.15) is 379 Å². The summed E-state index contributed by atoms with van der Waals surface area (Å²) in [5, 5.41) is 9.65. The number of carbonyl (C=O) groups is 1. The first-order valence-corrected chi connectivity index (χ1v) is 45.1. The zero-order valence-corrected chi connectivity index (χ0v) is 65.9. The van der Waals surface area contributed by atoms with Crippen molar-refractivity contribution in [3.05, 3.63) is 48.6 Å². The van der Waals surface area contributed by atoms with E-state index in [9.17, 15) is 23.1 Å². The first kappa shape index (κ1) is 81.6. The molecule has 12 aliphatic carbocycles. The number of ether oxygens (including phenoxy) is 1. The van der Waals surface area contributed by atoms with E-state index in [2.05, 4.69) is 47.3 Å². The quantitative estimate of drug-likeness (QED) is 0.0853. The van der Waals surface area contributed by atoms with Gasteiger partial charge in [0, 0.05) is 0 Å². The fraction of sp³-hybridized carbons (Fsp3) is 0.904. The summed E-state index contributed by atoms with van der Waals surface area (Å²) in [7, 11) is 0. The fourth-order valence-corrected chi connectivity index (χ4v) is 23.9. The van der Waals surface area contributed by atoms with Crippen LogP contribution in [0.25, 0.3) is 0 Å². The molecule has 0 saturated heterocycles. The zero-order chi connectivity index (χ0) is 71.0. The summed E-state index contributed by atoms with van der Waals surface area (Å²) >= 11 is 0. The lowest BCUT2D eigenvalue weighted by Crippen LogP contribution is -2.35. The first-order valence-electron chi connectivity index (χ1n) is 45.1. The van der Waals surface area contributed by atoms with Crippen molar-refractivity contribution in [1.29, 1.82) is 0 Å². The lowest BCUT2D eigenvalue weighted by atomic mass is 9.67. The highest BCUT2D eigenvalue weighted by Gasteiger charge is 2.42. The number of hydrogen-bond donors (Lipinski definition) is 1. The molecule has 13 rings (SSSR count). The van der Waals surface area contributed by atoms with Crippen LogP contribution in [0.5, 0.6) is 0 Å². The highest BCUT2D eigenvalue weighted by Crippen LogP contribution is 2.50. The summed E-state index contributed by atoms with van der Waals surface area (Å²) < 4.78 is 65.3. The molecule has 0 amide bonds. The Hall–Kier alpha value is -1.89. The number of aliphatic hydroxyl groups excluding tert-OH is 1. The van der Waals surface area contributed by atoms with Crippen molar-refractivity contribution in [2.24, 2.45) is 130 Å². The van der Waals surface area contributed by atoms with Crippen LogP contribution in [-0.4, -0.2) is 48.0 Å². The summed E-state index contributed by atoms with van der Waals surface area (Å²) in [5.41, 5.74) is 0.620. The molecular formula is C94H156F4O3. The molecule has 12 unspecified atom stereocenters. The normalized spacial score (nSPS) is 42.6. The van der Waals surface area contributed by atoms with Crippen LogP contribution in [-0.2, 0) is 4.74 Å². The van der Waals surface area contributed by atoms with Crippen molar-refractivity contribution in [3.63, 3.8) is 0 Å². The standard InChI is InChI=1S/C28H41FO2.C23H39F.C22H39F.C21H37FO/c1-20-7-9-21(10-8-20)11-12-22-13-18-26(27(29)19-22)23-14-16-25(17-15-23)31-28(30)24-5-3-2-4-6-24;1-3-18-10-13-21(14-11-18)22-15-12-20(16-23(22)24)9-8-19-6-4-17(2)5-7-19;1-16-3-7-18(8-4-16)9-10-19-11-14-21(22(23)15-19)20-12-5-17(2)6-13-20;1-15-2-4-16(5-3-15)6-7-17-8-13-20(21(22)14-17)18-9-11-19(23)12-10-18/h2-6,20-23,25-27H,7-19H2,1H3;3,17-23H,1,4-16H2,2H3;16-22H,3-15H2,1-2H3;15-21,23H,2-14H2,1H3. The van der Waals surface area contributed by atoms with Crippen molar-refractivity contribution in [2.45, 2.75) is 405 Å². The third kappa shape index (κ3) is 26.7. The monoisotopic (exact) mass is 1410 g/mol. The molecule has 12 aliphatic rings. The maximum absolute atomic E-state index is 15.1. The highest BCUT2D eigenvalue weighted by atomic mass is 19.1. The van der Waals surface area contributed by atoms with Crippen LogP contribution in [0.15, 0.2) is 43.0 Å². The third-order valence-corrected chi connectivity index (χ3v) is 31.6. The van der Waals surface area contributed by atoms with Crippen LogP contribution in [0, 0.1) is 130 Å². The predicted octanol–water partition coefficient (Wildman–Crippen LogP) is 28.2. The number of aliphatic hydroxyl groups is 1. The van der Waals surface area contributed by atoms with E-state index >= 15 is 4.39 Å². The number of alkyl halides is 4. The number of halogens is 4. The second-order valence-corrected chi connectivity index (χ2v) is 39.1. The van der Waals surface area contributed by atoms with Gasteiger partial charge >= 0.3 is 5.97 Å². The average molecular weight is 1410 g/mol. The van der Waals surface area contributed by atoms with Gasteiger partial charge in [0.1, 0.15) is 30.8 Å². The number of carbonyl (C=O) groups excluding carboxylic acids is 1. The van der Waals surface area contributed by atoms with Crippen LogP contribution >= 0.6 is 0 Å². The number of hydrogen-bond acceptors (Lipinski definition) is 3. The topological polar surface area (TPSA) is 46.5 Å². The molecule has 1 aromatic rings. The summed E-state index contributed by atoms with van der Waals surface area (Å²) in [5.74, 6) is 15.2. The van der Waals surface area contributed by atoms with Crippen molar-refractivity contribution >= 4 is 5.97 Å². The van der Waals surface area contributed by atoms with Gasteiger partial charge in [-0.2, -0.15) is 0 Å². The number of esters is 1. The molecule has 7 heteroatoms. The Morgan fingerprint density at radius 2 is 0.594 bits per heavy atom. The Bertz CT molecular complexity index is 2300. The maximum atomic E-state index is 15.1. The minimum Gasteiger partial charge on any atom is -0.459 e. The smallest absolute Gasteiger partial charge is 0.338 e. The van der Waals surface area contributed by atoms with Crippen molar-refractivity contribution in [3.8, 4) is 0 Å². The van der Waals surface area contributed by atoms with Crippen LogP contribution in [0.3, 0.4) is 0 Å². The Kier molecular flexibility index (Phi) is 34.5. The van der Waals surface area contributed by atoms with E-state index in [0.717, 1.165) is 150 Å². The Labute approximate surface area is 619 Å².